The van der Waals surface area contributed by atoms with Crippen molar-refractivity contribution in [3.63, 3.8) is 0 Å². The molecule has 0 atom stereocenters. The minimum atomic E-state index is -0.319. The summed E-state index contributed by atoms with van der Waals surface area (Å²) in [6.45, 7) is 0.964. The molecular weight excluding hydrogens is 258 g/mol. The molecule has 0 aliphatic heterocycles. The van der Waals surface area contributed by atoms with Crippen LogP contribution in [0.5, 0.6) is 5.75 Å². The van der Waals surface area contributed by atoms with Gasteiger partial charge in [0.05, 0.1) is 0 Å². The van der Waals surface area contributed by atoms with E-state index in [1.807, 2.05) is 12.1 Å². The van der Waals surface area contributed by atoms with E-state index in [2.05, 4.69) is 5.32 Å². The van der Waals surface area contributed by atoms with Crippen LogP contribution in [0, 0.1) is 0 Å². The summed E-state index contributed by atoms with van der Waals surface area (Å²) >= 11 is 0. The highest BCUT2D eigenvalue weighted by Gasteiger charge is 2.02. The average molecular weight is 279 g/mol. The fourth-order valence-corrected chi connectivity index (χ4v) is 1.57. The van der Waals surface area contributed by atoms with Crippen LogP contribution in [-0.2, 0) is 16.1 Å². The zero-order valence-corrected chi connectivity index (χ0v) is 11.4. The van der Waals surface area contributed by atoms with Crippen molar-refractivity contribution < 1.29 is 14.3 Å². The van der Waals surface area contributed by atoms with Gasteiger partial charge in [-0.05, 0) is 30.5 Å². The molecule has 0 saturated heterocycles. The number of nitrogens with two attached hydrogens (primary N) is 2. The second-order valence-electron chi connectivity index (χ2n) is 4.41. The summed E-state index contributed by atoms with van der Waals surface area (Å²) in [5, 5.41) is 2.71. The smallest absolute Gasteiger partial charge is 0.257 e. The highest BCUT2D eigenvalue weighted by atomic mass is 16.5. The Hall–Kier alpha value is -2.08. The van der Waals surface area contributed by atoms with Gasteiger partial charge in [-0.25, -0.2) is 0 Å². The molecule has 2 amide bonds. The number of nitrogens with one attached hydrogen (secondary N) is 1. The lowest BCUT2D eigenvalue weighted by atomic mass is 10.2. The monoisotopic (exact) mass is 279 g/mol. The van der Waals surface area contributed by atoms with Crippen LogP contribution in [0.25, 0.3) is 0 Å². The lowest BCUT2D eigenvalue weighted by molar-refractivity contribution is -0.123. The van der Waals surface area contributed by atoms with Gasteiger partial charge in [-0.3, -0.25) is 9.59 Å². The van der Waals surface area contributed by atoms with Crippen molar-refractivity contribution in [1.82, 2.24) is 5.32 Å². The Balaban J connectivity index is 2.14. The first kappa shape index (κ1) is 16.0. The number of hydrogen-bond acceptors (Lipinski definition) is 4. The van der Waals surface area contributed by atoms with E-state index in [9.17, 15) is 9.59 Å². The zero-order valence-electron chi connectivity index (χ0n) is 11.4. The van der Waals surface area contributed by atoms with Gasteiger partial charge in [0, 0.05) is 19.5 Å². The first-order chi connectivity index (χ1) is 9.61. The zero-order chi connectivity index (χ0) is 14.8. The van der Waals surface area contributed by atoms with E-state index >= 15 is 0 Å². The van der Waals surface area contributed by atoms with Crippen molar-refractivity contribution in [2.24, 2.45) is 11.5 Å². The van der Waals surface area contributed by atoms with Crippen molar-refractivity contribution in [2.45, 2.75) is 25.8 Å². The Labute approximate surface area is 118 Å². The van der Waals surface area contributed by atoms with Gasteiger partial charge in [0.25, 0.3) is 5.91 Å². The van der Waals surface area contributed by atoms with Crippen molar-refractivity contribution in [2.75, 3.05) is 13.2 Å². The topological polar surface area (TPSA) is 107 Å². The summed E-state index contributed by atoms with van der Waals surface area (Å²) in [5.41, 5.74) is 11.5. The molecule has 0 heterocycles. The van der Waals surface area contributed by atoms with Crippen molar-refractivity contribution in [3.05, 3.63) is 29.8 Å². The molecular formula is C14H21N3O3. The van der Waals surface area contributed by atoms with Gasteiger partial charge < -0.3 is 21.5 Å². The molecule has 6 nitrogen and oxygen atoms in total. The van der Waals surface area contributed by atoms with Gasteiger partial charge in [-0.15, -0.1) is 0 Å². The van der Waals surface area contributed by atoms with Crippen molar-refractivity contribution in [3.8, 4) is 5.75 Å². The molecule has 1 aromatic rings. The standard InChI is InChI=1S/C14H21N3O3/c15-9-11-4-6-12(7-5-11)20-10-14(19)17-8-2-1-3-13(16)18/h4-7H,1-3,8-10,15H2,(H2,16,18)(H,17,19). The third-order valence-electron chi connectivity index (χ3n) is 2.70. The number of unbranched alkanes of at least 4 members (excludes halogenated alkanes) is 1. The number of carbonyl (C=O) groups is 2. The lowest BCUT2D eigenvalue weighted by Crippen LogP contribution is -2.29. The normalized spacial score (nSPS) is 10.1. The third kappa shape index (κ3) is 6.75. The number of amides is 2. The van der Waals surface area contributed by atoms with Crippen LogP contribution < -0.4 is 21.5 Å². The quantitative estimate of drug-likeness (QED) is 0.565. The number of rotatable bonds is 9. The Bertz CT molecular complexity index is 432. The Kier molecular flexibility index (Phi) is 7.13. The molecule has 0 spiro atoms. The van der Waals surface area contributed by atoms with Crippen molar-refractivity contribution in [1.29, 1.82) is 0 Å². The SMILES string of the molecule is NCc1ccc(OCC(=O)NCCCCC(N)=O)cc1. The lowest BCUT2D eigenvalue weighted by Gasteiger charge is -2.07. The molecule has 0 unspecified atom stereocenters. The molecule has 0 aliphatic carbocycles. The molecule has 0 bridgehead atoms. The maximum Gasteiger partial charge on any atom is 0.257 e. The predicted octanol–water partition coefficient (Wildman–Crippen LogP) is 0.296. The summed E-state index contributed by atoms with van der Waals surface area (Å²) in [7, 11) is 0. The number of carbonyl (C=O) groups excluding carboxylic acids is 2. The third-order valence-corrected chi connectivity index (χ3v) is 2.70. The minimum Gasteiger partial charge on any atom is -0.484 e. The molecule has 0 radical (unpaired) electrons. The van der Waals surface area contributed by atoms with Gasteiger partial charge in [0.1, 0.15) is 5.75 Å². The molecule has 5 N–H and O–H groups in total. The average Bonchev–Trinajstić information content (AvgIpc) is 2.45. The molecule has 1 aromatic carbocycles. The van der Waals surface area contributed by atoms with E-state index in [-0.39, 0.29) is 18.4 Å². The fourth-order valence-electron chi connectivity index (χ4n) is 1.57. The molecule has 110 valence electrons. The van der Waals surface area contributed by atoms with E-state index in [1.54, 1.807) is 12.1 Å². The molecule has 0 saturated carbocycles. The van der Waals surface area contributed by atoms with Crippen LogP contribution in [0.3, 0.4) is 0 Å². The Morgan fingerprint density at radius 3 is 2.45 bits per heavy atom. The van der Waals surface area contributed by atoms with Crippen molar-refractivity contribution >= 4 is 11.8 Å². The number of primary amides is 1. The summed E-state index contributed by atoms with van der Waals surface area (Å²) in [6.07, 6.45) is 1.75. The molecule has 0 fully saturated rings. The van der Waals surface area contributed by atoms with Crippen LogP contribution in [0.2, 0.25) is 0 Å². The number of hydrogen-bond donors (Lipinski definition) is 3. The van der Waals surface area contributed by atoms with Crippen LogP contribution in [0.4, 0.5) is 0 Å². The van der Waals surface area contributed by atoms with E-state index in [4.69, 9.17) is 16.2 Å². The summed E-state index contributed by atoms with van der Waals surface area (Å²) in [4.78, 5) is 22.0. The second-order valence-corrected chi connectivity index (χ2v) is 4.41. The summed E-state index contributed by atoms with van der Waals surface area (Å²) in [5.74, 6) is 0.124. The molecule has 6 heteroatoms. The maximum atomic E-state index is 11.5. The minimum absolute atomic E-state index is 0.0300. The maximum absolute atomic E-state index is 11.5. The largest absolute Gasteiger partial charge is 0.484 e. The highest BCUT2D eigenvalue weighted by molar-refractivity contribution is 5.77. The molecule has 1 rings (SSSR count). The van der Waals surface area contributed by atoms with E-state index < -0.39 is 0 Å². The van der Waals surface area contributed by atoms with Crippen LogP contribution >= 0.6 is 0 Å². The molecule has 0 aromatic heterocycles. The van der Waals surface area contributed by atoms with Gasteiger partial charge in [0.15, 0.2) is 6.61 Å². The summed E-state index contributed by atoms with van der Waals surface area (Å²) in [6, 6.07) is 7.28. The molecule has 20 heavy (non-hydrogen) atoms. The second kappa shape index (κ2) is 8.92. The molecule has 0 aliphatic rings. The predicted molar refractivity (Wildman–Crippen MR) is 75.9 cm³/mol. The van der Waals surface area contributed by atoms with Gasteiger partial charge in [-0.2, -0.15) is 0 Å². The highest BCUT2D eigenvalue weighted by Crippen LogP contribution is 2.11. The first-order valence-electron chi connectivity index (χ1n) is 6.58. The Morgan fingerprint density at radius 1 is 1.15 bits per heavy atom. The van der Waals surface area contributed by atoms with Gasteiger partial charge in [-0.1, -0.05) is 12.1 Å². The van der Waals surface area contributed by atoms with Crippen LogP contribution in [0.15, 0.2) is 24.3 Å². The van der Waals surface area contributed by atoms with Crippen LogP contribution in [-0.4, -0.2) is 25.0 Å². The van der Waals surface area contributed by atoms with Gasteiger partial charge >= 0.3 is 0 Å². The van der Waals surface area contributed by atoms with Crippen LogP contribution in [0.1, 0.15) is 24.8 Å². The number of ether oxygens (including phenoxy) is 1. The Morgan fingerprint density at radius 2 is 1.85 bits per heavy atom. The van der Waals surface area contributed by atoms with E-state index in [0.29, 0.717) is 31.7 Å². The fraction of sp³-hybridized carbons (Fsp3) is 0.429. The van der Waals surface area contributed by atoms with E-state index in [0.717, 1.165) is 12.0 Å². The number of benzene rings is 1. The summed E-state index contributed by atoms with van der Waals surface area (Å²) < 4.78 is 5.34. The van der Waals surface area contributed by atoms with Gasteiger partial charge in [0.2, 0.25) is 5.91 Å². The van der Waals surface area contributed by atoms with E-state index in [1.165, 1.54) is 0 Å². The first-order valence-corrected chi connectivity index (χ1v) is 6.58.